The van der Waals surface area contributed by atoms with E-state index in [1.165, 1.54) is 24.0 Å². The van der Waals surface area contributed by atoms with Crippen LogP contribution in [0.2, 0.25) is 0 Å². The molecule has 1 amide bonds. The molecule has 1 aliphatic rings. The third kappa shape index (κ3) is 4.58. The summed E-state index contributed by atoms with van der Waals surface area (Å²) in [5.74, 6) is 1.45. The SMILES string of the molecule is Cc1cc(C)cc(Nc2cc(C(=O)NC3CCC(C)CC3)c3ccccc3n2)c1. The zero-order valence-electron chi connectivity index (χ0n) is 17.5. The van der Waals surface area contributed by atoms with Gasteiger partial charge in [-0.05, 0) is 80.8 Å². The van der Waals surface area contributed by atoms with Gasteiger partial charge in [-0.1, -0.05) is 31.2 Å². The van der Waals surface area contributed by atoms with E-state index in [1.54, 1.807) is 0 Å². The van der Waals surface area contributed by atoms with E-state index in [0.29, 0.717) is 11.4 Å². The van der Waals surface area contributed by atoms with E-state index in [2.05, 4.69) is 49.6 Å². The van der Waals surface area contributed by atoms with Gasteiger partial charge in [0.1, 0.15) is 5.82 Å². The van der Waals surface area contributed by atoms with Crippen LogP contribution in [0.4, 0.5) is 11.5 Å². The van der Waals surface area contributed by atoms with Crippen molar-refractivity contribution in [1.82, 2.24) is 10.3 Å². The largest absolute Gasteiger partial charge is 0.349 e. The Morgan fingerprint density at radius 2 is 1.66 bits per heavy atom. The van der Waals surface area contributed by atoms with Crippen LogP contribution in [-0.2, 0) is 0 Å². The molecule has 1 aliphatic carbocycles. The van der Waals surface area contributed by atoms with Crippen LogP contribution in [0, 0.1) is 19.8 Å². The van der Waals surface area contributed by atoms with Crippen LogP contribution in [-0.4, -0.2) is 16.9 Å². The minimum atomic E-state index is -0.00775. The molecule has 4 nitrogen and oxygen atoms in total. The van der Waals surface area contributed by atoms with Crippen molar-refractivity contribution in [2.45, 2.75) is 52.5 Å². The van der Waals surface area contributed by atoms with Gasteiger partial charge in [0.15, 0.2) is 0 Å². The number of fused-ring (bicyclic) bond motifs is 1. The highest BCUT2D eigenvalue weighted by Crippen LogP contribution is 2.26. The molecular weight excluding hydrogens is 358 g/mol. The van der Waals surface area contributed by atoms with Crippen molar-refractivity contribution >= 4 is 28.3 Å². The summed E-state index contributed by atoms with van der Waals surface area (Å²) in [7, 11) is 0. The quantitative estimate of drug-likeness (QED) is 0.586. The summed E-state index contributed by atoms with van der Waals surface area (Å²) >= 11 is 0. The molecule has 0 radical (unpaired) electrons. The number of nitrogens with one attached hydrogen (secondary N) is 2. The summed E-state index contributed by atoms with van der Waals surface area (Å²) in [6.07, 6.45) is 4.48. The van der Waals surface area contributed by atoms with E-state index in [4.69, 9.17) is 4.98 Å². The maximum absolute atomic E-state index is 13.2. The van der Waals surface area contributed by atoms with Crippen molar-refractivity contribution in [1.29, 1.82) is 0 Å². The summed E-state index contributed by atoms with van der Waals surface area (Å²) < 4.78 is 0. The van der Waals surface area contributed by atoms with Crippen LogP contribution in [0.25, 0.3) is 10.9 Å². The molecular formula is C25H29N3O. The summed E-state index contributed by atoms with van der Waals surface area (Å²) in [6.45, 7) is 6.45. The standard InChI is InChI=1S/C25H29N3O/c1-16-8-10-19(11-9-16)27-25(29)22-15-24(28-23-7-5-4-6-21(22)23)26-20-13-17(2)12-18(3)14-20/h4-7,12-16,19H,8-11H2,1-3H3,(H,26,28)(H,27,29). The molecule has 4 heteroatoms. The van der Waals surface area contributed by atoms with Crippen molar-refractivity contribution in [3.8, 4) is 0 Å². The number of rotatable bonds is 4. The molecule has 4 rings (SSSR count). The fourth-order valence-electron chi connectivity index (χ4n) is 4.29. The number of aromatic nitrogens is 1. The molecule has 0 atom stereocenters. The molecule has 1 fully saturated rings. The highest BCUT2D eigenvalue weighted by Gasteiger charge is 2.21. The lowest BCUT2D eigenvalue weighted by Gasteiger charge is -2.27. The fraction of sp³-hybridized carbons (Fsp3) is 0.360. The summed E-state index contributed by atoms with van der Waals surface area (Å²) in [5.41, 5.74) is 4.87. The maximum atomic E-state index is 13.2. The van der Waals surface area contributed by atoms with Crippen molar-refractivity contribution in [3.63, 3.8) is 0 Å². The predicted molar refractivity (Wildman–Crippen MR) is 120 cm³/mol. The van der Waals surface area contributed by atoms with Gasteiger partial charge in [-0.3, -0.25) is 4.79 Å². The number of aryl methyl sites for hydroxylation is 2. The smallest absolute Gasteiger partial charge is 0.252 e. The Bertz CT molecular complexity index is 1020. The Morgan fingerprint density at radius 1 is 0.966 bits per heavy atom. The number of benzene rings is 2. The summed E-state index contributed by atoms with van der Waals surface area (Å²) in [6, 6.07) is 16.3. The number of carbonyl (C=O) groups excluding carboxylic acids is 1. The third-order valence-corrected chi connectivity index (χ3v) is 5.81. The first-order valence-electron chi connectivity index (χ1n) is 10.5. The Labute approximate surface area is 172 Å². The Kier molecular flexibility index (Phi) is 5.52. The molecule has 150 valence electrons. The molecule has 1 aromatic heterocycles. The number of anilines is 2. The van der Waals surface area contributed by atoms with Crippen LogP contribution in [0.3, 0.4) is 0 Å². The van der Waals surface area contributed by atoms with E-state index in [1.807, 2.05) is 30.3 Å². The molecule has 0 spiro atoms. The van der Waals surface area contributed by atoms with Crippen LogP contribution >= 0.6 is 0 Å². The third-order valence-electron chi connectivity index (χ3n) is 5.81. The molecule has 29 heavy (non-hydrogen) atoms. The van der Waals surface area contributed by atoms with Crippen LogP contribution < -0.4 is 10.6 Å². The first-order valence-corrected chi connectivity index (χ1v) is 10.5. The normalized spacial score (nSPS) is 19.1. The van der Waals surface area contributed by atoms with Gasteiger partial charge in [0.25, 0.3) is 5.91 Å². The van der Waals surface area contributed by atoms with E-state index < -0.39 is 0 Å². The zero-order valence-corrected chi connectivity index (χ0v) is 17.5. The van der Waals surface area contributed by atoms with Gasteiger partial charge in [0.05, 0.1) is 11.1 Å². The molecule has 0 saturated heterocycles. The Morgan fingerprint density at radius 3 is 2.38 bits per heavy atom. The second-order valence-electron chi connectivity index (χ2n) is 8.50. The fourth-order valence-corrected chi connectivity index (χ4v) is 4.29. The number of nitrogens with zero attached hydrogens (tertiary/aromatic N) is 1. The molecule has 0 aliphatic heterocycles. The van der Waals surface area contributed by atoms with E-state index in [-0.39, 0.29) is 11.9 Å². The number of pyridine rings is 1. The van der Waals surface area contributed by atoms with Crippen molar-refractivity contribution < 1.29 is 4.79 Å². The van der Waals surface area contributed by atoms with Crippen molar-refractivity contribution in [3.05, 3.63) is 65.2 Å². The zero-order chi connectivity index (χ0) is 20.4. The predicted octanol–water partition coefficient (Wildman–Crippen LogP) is 5.90. The summed E-state index contributed by atoms with van der Waals surface area (Å²) in [5, 5.41) is 7.54. The molecule has 2 aromatic carbocycles. The topological polar surface area (TPSA) is 54.0 Å². The minimum Gasteiger partial charge on any atom is -0.349 e. The van der Waals surface area contributed by atoms with Gasteiger partial charge in [-0.15, -0.1) is 0 Å². The number of hydrogen-bond acceptors (Lipinski definition) is 3. The Hall–Kier alpha value is -2.88. The van der Waals surface area contributed by atoms with E-state index >= 15 is 0 Å². The number of para-hydroxylation sites is 1. The number of hydrogen-bond donors (Lipinski definition) is 2. The molecule has 0 unspecified atom stereocenters. The van der Waals surface area contributed by atoms with Crippen molar-refractivity contribution in [2.75, 3.05) is 5.32 Å². The van der Waals surface area contributed by atoms with E-state index in [9.17, 15) is 4.79 Å². The van der Waals surface area contributed by atoms with Crippen LogP contribution in [0.5, 0.6) is 0 Å². The maximum Gasteiger partial charge on any atom is 0.252 e. The first kappa shape index (κ1) is 19.4. The lowest BCUT2D eigenvalue weighted by atomic mass is 9.87. The lowest BCUT2D eigenvalue weighted by Crippen LogP contribution is -2.37. The first-order chi connectivity index (χ1) is 14.0. The second-order valence-corrected chi connectivity index (χ2v) is 8.50. The Balaban J connectivity index is 1.64. The van der Waals surface area contributed by atoms with Gasteiger partial charge >= 0.3 is 0 Å². The van der Waals surface area contributed by atoms with Gasteiger partial charge in [0.2, 0.25) is 0 Å². The number of amides is 1. The van der Waals surface area contributed by atoms with Crippen LogP contribution in [0.1, 0.15) is 54.1 Å². The highest BCUT2D eigenvalue weighted by molar-refractivity contribution is 6.07. The van der Waals surface area contributed by atoms with Crippen LogP contribution in [0.15, 0.2) is 48.5 Å². The van der Waals surface area contributed by atoms with Gasteiger partial charge in [0, 0.05) is 17.1 Å². The van der Waals surface area contributed by atoms with E-state index in [0.717, 1.165) is 35.3 Å². The molecule has 1 heterocycles. The monoisotopic (exact) mass is 387 g/mol. The molecule has 0 bridgehead atoms. The average molecular weight is 388 g/mol. The van der Waals surface area contributed by atoms with Gasteiger partial charge in [-0.2, -0.15) is 0 Å². The average Bonchev–Trinajstić information content (AvgIpc) is 2.68. The minimum absolute atomic E-state index is 0.00775. The molecule has 3 aromatic rings. The summed E-state index contributed by atoms with van der Waals surface area (Å²) in [4.78, 5) is 17.9. The van der Waals surface area contributed by atoms with Gasteiger partial charge < -0.3 is 10.6 Å². The highest BCUT2D eigenvalue weighted by atomic mass is 16.1. The lowest BCUT2D eigenvalue weighted by molar-refractivity contribution is 0.0924. The van der Waals surface area contributed by atoms with Gasteiger partial charge in [-0.25, -0.2) is 4.98 Å². The second kappa shape index (κ2) is 8.24. The number of carbonyl (C=O) groups is 1. The molecule has 2 N–H and O–H groups in total. The molecule has 1 saturated carbocycles. The van der Waals surface area contributed by atoms with Crippen molar-refractivity contribution in [2.24, 2.45) is 5.92 Å².